The zero-order chi connectivity index (χ0) is 23.2. The Labute approximate surface area is 183 Å². The number of rotatable bonds is 8. The van der Waals surface area contributed by atoms with Crippen molar-refractivity contribution >= 4 is 28.9 Å². The van der Waals surface area contributed by atoms with Gasteiger partial charge in [0.2, 0.25) is 5.91 Å². The quantitative estimate of drug-likeness (QED) is 0.556. The molecule has 0 aliphatic carbocycles. The van der Waals surface area contributed by atoms with Crippen molar-refractivity contribution in [3.8, 4) is 0 Å². The van der Waals surface area contributed by atoms with E-state index in [1.807, 2.05) is 44.3 Å². The molecule has 31 heavy (non-hydrogen) atoms. The Hall–Kier alpha value is -3.03. The third-order valence-corrected chi connectivity index (χ3v) is 5.07. The van der Waals surface area contributed by atoms with Crippen molar-refractivity contribution in [1.29, 1.82) is 0 Å². The molecule has 0 aliphatic heterocycles. The van der Waals surface area contributed by atoms with Gasteiger partial charge < -0.3 is 25.1 Å². The van der Waals surface area contributed by atoms with Gasteiger partial charge in [-0.1, -0.05) is 38.5 Å². The largest absolute Gasteiger partial charge is 0.467 e. The average Bonchev–Trinajstić information content (AvgIpc) is 3.11. The number of nitrogens with one attached hydrogen (secondary N) is 3. The molecule has 0 saturated heterocycles. The molecule has 1 aromatic carbocycles. The molecule has 3 atom stereocenters. The summed E-state index contributed by atoms with van der Waals surface area (Å²) in [6.07, 6.45) is 2.01. The highest BCUT2D eigenvalue weighted by Gasteiger charge is 2.31. The lowest BCUT2D eigenvalue weighted by Gasteiger charge is -2.26. The third kappa shape index (κ3) is 6.73. The van der Waals surface area contributed by atoms with E-state index in [0.29, 0.717) is 6.42 Å². The lowest BCUT2D eigenvalue weighted by Crippen LogP contribution is -2.54. The Morgan fingerprint density at radius 3 is 2.42 bits per heavy atom. The molecule has 2 aromatic rings. The van der Waals surface area contributed by atoms with Crippen LogP contribution in [0.3, 0.4) is 0 Å². The fraction of sp³-hybridized carbons (Fsp3) is 0.522. The molecular weight excluding hydrogens is 398 g/mol. The SMILES string of the molecule is CC[C@H](C)[C@H](NC(=O)[C@H](Cc1c[nH]c2ccccc12)NC(=O)OC(C)(C)C)C(=O)OC. The molecule has 1 aromatic heterocycles. The predicted molar refractivity (Wildman–Crippen MR) is 119 cm³/mol. The van der Waals surface area contributed by atoms with Crippen LogP contribution < -0.4 is 10.6 Å². The summed E-state index contributed by atoms with van der Waals surface area (Å²) >= 11 is 0. The van der Waals surface area contributed by atoms with E-state index in [1.54, 1.807) is 20.8 Å². The number of alkyl carbamates (subject to hydrolysis) is 1. The summed E-state index contributed by atoms with van der Waals surface area (Å²) in [6.45, 7) is 9.03. The summed E-state index contributed by atoms with van der Waals surface area (Å²) in [5.74, 6) is -1.13. The first kappa shape index (κ1) is 24.2. The number of aromatic nitrogens is 1. The molecule has 0 spiro atoms. The Morgan fingerprint density at radius 1 is 1.13 bits per heavy atom. The predicted octanol–water partition coefficient (Wildman–Crippen LogP) is 3.31. The minimum absolute atomic E-state index is 0.133. The van der Waals surface area contributed by atoms with Crippen LogP contribution in [0.5, 0.6) is 0 Å². The molecule has 170 valence electrons. The number of fused-ring (bicyclic) bond motifs is 1. The molecule has 3 N–H and O–H groups in total. The van der Waals surface area contributed by atoms with E-state index in [9.17, 15) is 14.4 Å². The van der Waals surface area contributed by atoms with Gasteiger partial charge in [-0.3, -0.25) is 4.79 Å². The van der Waals surface area contributed by atoms with E-state index in [1.165, 1.54) is 7.11 Å². The van der Waals surface area contributed by atoms with Crippen molar-refractivity contribution in [2.75, 3.05) is 7.11 Å². The molecule has 0 aliphatic rings. The Morgan fingerprint density at radius 2 is 1.81 bits per heavy atom. The topological polar surface area (TPSA) is 110 Å². The number of hydrogen-bond acceptors (Lipinski definition) is 5. The van der Waals surface area contributed by atoms with E-state index >= 15 is 0 Å². The van der Waals surface area contributed by atoms with Crippen LogP contribution in [0.15, 0.2) is 30.5 Å². The first-order valence-electron chi connectivity index (χ1n) is 10.5. The van der Waals surface area contributed by atoms with Crippen LogP contribution in [0.4, 0.5) is 4.79 Å². The van der Waals surface area contributed by atoms with Gasteiger partial charge in [-0.2, -0.15) is 0 Å². The highest BCUT2D eigenvalue weighted by Crippen LogP contribution is 2.20. The minimum Gasteiger partial charge on any atom is -0.467 e. The van der Waals surface area contributed by atoms with Crippen molar-refractivity contribution in [2.45, 2.75) is 65.1 Å². The second kappa shape index (κ2) is 10.3. The molecule has 0 radical (unpaired) electrons. The molecule has 8 heteroatoms. The number of hydrogen-bond donors (Lipinski definition) is 3. The fourth-order valence-electron chi connectivity index (χ4n) is 3.23. The van der Waals surface area contributed by atoms with Crippen LogP contribution in [-0.4, -0.2) is 47.7 Å². The smallest absolute Gasteiger partial charge is 0.408 e. The van der Waals surface area contributed by atoms with Crippen molar-refractivity contribution in [1.82, 2.24) is 15.6 Å². The highest BCUT2D eigenvalue weighted by atomic mass is 16.6. The molecule has 0 fully saturated rings. The van der Waals surface area contributed by atoms with Gasteiger partial charge >= 0.3 is 12.1 Å². The van der Waals surface area contributed by atoms with E-state index in [4.69, 9.17) is 9.47 Å². The lowest BCUT2D eigenvalue weighted by atomic mass is 9.98. The molecule has 0 saturated carbocycles. The molecule has 1 heterocycles. The maximum atomic E-state index is 13.2. The van der Waals surface area contributed by atoms with E-state index < -0.39 is 35.7 Å². The van der Waals surface area contributed by atoms with Gasteiger partial charge in [0, 0.05) is 23.5 Å². The van der Waals surface area contributed by atoms with Crippen molar-refractivity contribution < 1.29 is 23.9 Å². The summed E-state index contributed by atoms with van der Waals surface area (Å²) in [5, 5.41) is 6.37. The number of amides is 2. The zero-order valence-corrected chi connectivity index (χ0v) is 19.1. The number of carbonyl (C=O) groups excluding carboxylic acids is 3. The molecular formula is C23H33N3O5. The zero-order valence-electron chi connectivity index (χ0n) is 19.1. The van der Waals surface area contributed by atoms with Crippen LogP contribution in [0.25, 0.3) is 10.9 Å². The number of ether oxygens (including phenoxy) is 2. The van der Waals surface area contributed by atoms with Gasteiger partial charge in [0.25, 0.3) is 0 Å². The van der Waals surface area contributed by atoms with Gasteiger partial charge in [-0.05, 0) is 38.3 Å². The molecule has 2 rings (SSSR count). The Kier molecular flexibility index (Phi) is 8.08. The number of carbonyl (C=O) groups is 3. The third-order valence-electron chi connectivity index (χ3n) is 5.07. The number of methoxy groups -OCH3 is 1. The van der Waals surface area contributed by atoms with Crippen molar-refractivity contribution in [3.63, 3.8) is 0 Å². The van der Waals surface area contributed by atoms with Gasteiger partial charge in [0.05, 0.1) is 7.11 Å². The molecule has 2 amide bonds. The van der Waals surface area contributed by atoms with Crippen molar-refractivity contribution in [2.24, 2.45) is 5.92 Å². The van der Waals surface area contributed by atoms with Gasteiger partial charge in [0.15, 0.2) is 0 Å². The average molecular weight is 432 g/mol. The lowest BCUT2D eigenvalue weighted by molar-refractivity contribution is -0.146. The fourth-order valence-corrected chi connectivity index (χ4v) is 3.23. The van der Waals surface area contributed by atoms with Crippen LogP contribution in [0.1, 0.15) is 46.6 Å². The van der Waals surface area contributed by atoms with Crippen LogP contribution >= 0.6 is 0 Å². The standard InChI is InChI=1S/C23H33N3O5/c1-7-14(2)19(21(28)30-6)26-20(27)18(25-22(29)31-23(3,4)5)12-15-13-24-17-11-9-8-10-16(15)17/h8-11,13-14,18-19,24H,7,12H2,1-6H3,(H,25,29)(H,26,27)/t14-,18-,19-/m0/s1. The molecule has 0 unspecified atom stereocenters. The summed E-state index contributed by atoms with van der Waals surface area (Å²) in [5.41, 5.74) is 1.09. The maximum Gasteiger partial charge on any atom is 0.408 e. The summed E-state index contributed by atoms with van der Waals surface area (Å²) < 4.78 is 10.2. The first-order chi connectivity index (χ1) is 14.6. The first-order valence-corrected chi connectivity index (χ1v) is 10.5. The second-order valence-corrected chi connectivity index (χ2v) is 8.66. The van der Waals surface area contributed by atoms with E-state index in [0.717, 1.165) is 16.5 Å². The Balaban J connectivity index is 2.28. The summed E-state index contributed by atoms with van der Waals surface area (Å²) in [7, 11) is 1.28. The van der Waals surface area contributed by atoms with Crippen LogP contribution in [0.2, 0.25) is 0 Å². The van der Waals surface area contributed by atoms with Crippen LogP contribution in [-0.2, 0) is 25.5 Å². The van der Waals surface area contributed by atoms with E-state index in [-0.39, 0.29) is 12.3 Å². The maximum absolute atomic E-state index is 13.2. The minimum atomic E-state index is -0.940. The number of esters is 1. The monoisotopic (exact) mass is 431 g/mol. The normalized spacial score (nSPS) is 14.4. The number of H-pyrrole nitrogens is 1. The summed E-state index contributed by atoms with van der Waals surface area (Å²) in [4.78, 5) is 41.0. The van der Waals surface area contributed by atoms with Crippen LogP contribution in [0, 0.1) is 5.92 Å². The van der Waals surface area contributed by atoms with Gasteiger partial charge in [-0.15, -0.1) is 0 Å². The van der Waals surface area contributed by atoms with Gasteiger partial charge in [-0.25, -0.2) is 9.59 Å². The summed E-state index contributed by atoms with van der Waals surface area (Å²) in [6, 6.07) is 5.95. The number of aromatic amines is 1. The number of para-hydroxylation sites is 1. The van der Waals surface area contributed by atoms with Gasteiger partial charge in [0.1, 0.15) is 17.7 Å². The van der Waals surface area contributed by atoms with Crippen molar-refractivity contribution in [3.05, 3.63) is 36.0 Å². The van der Waals surface area contributed by atoms with E-state index in [2.05, 4.69) is 15.6 Å². The number of benzene rings is 1. The second-order valence-electron chi connectivity index (χ2n) is 8.66. The Bertz CT molecular complexity index is 915. The highest BCUT2D eigenvalue weighted by molar-refractivity contribution is 5.91. The molecule has 0 bridgehead atoms. The molecule has 8 nitrogen and oxygen atoms in total.